The maximum absolute atomic E-state index is 2.41. The maximum atomic E-state index is 2.41. The van der Waals surface area contributed by atoms with Crippen LogP contribution in [0, 0.1) is 26.7 Å². The lowest BCUT2D eigenvalue weighted by Crippen LogP contribution is -2.33. The predicted molar refractivity (Wildman–Crippen MR) is 82.9 cm³/mol. The highest BCUT2D eigenvalue weighted by atomic mass is 14.1. The monoisotopic (exact) mass is 238 g/mol. The van der Waals surface area contributed by atoms with E-state index in [-0.39, 0.29) is 0 Å². The van der Waals surface area contributed by atoms with Gasteiger partial charge in [0.05, 0.1) is 0 Å². The zero-order valence-corrected chi connectivity index (χ0v) is 12.2. The molecule has 0 aliphatic carbocycles. The molecular weight excluding hydrogens is 215 g/mol. The van der Waals surface area contributed by atoms with Gasteiger partial charge in [-0.05, 0) is 33.0 Å². The summed E-state index contributed by atoms with van der Waals surface area (Å²) in [6.07, 6.45) is 5.88. The van der Waals surface area contributed by atoms with Gasteiger partial charge in [-0.2, -0.15) is 0 Å². The fraction of sp³-hybridized carbons (Fsp3) is 0.412. The van der Waals surface area contributed by atoms with Crippen LogP contribution >= 0.6 is 0 Å². The lowest BCUT2D eigenvalue weighted by molar-refractivity contribution is 0.788. The molecule has 0 amide bonds. The quantitative estimate of drug-likeness (QED) is 0.683. The van der Waals surface area contributed by atoms with Crippen LogP contribution < -0.4 is 5.46 Å². The van der Waals surface area contributed by atoms with Gasteiger partial charge in [0.1, 0.15) is 0 Å². The van der Waals surface area contributed by atoms with E-state index in [1.165, 1.54) is 27.7 Å². The third-order valence-corrected chi connectivity index (χ3v) is 3.90. The first kappa shape index (κ1) is 13.2. The Morgan fingerprint density at radius 1 is 1.06 bits per heavy atom. The van der Waals surface area contributed by atoms with E-state index in [2.05, 4.69) is 64.9 Å². The molecule has 1 aromatic carbocycles. The molecule has 0 bridgehead atoms. The Labute approximate surface area is 112 Å². The van der Waals surface area contributed by atoms with Crippen LogP contribution in [0.1, 0.15) is 30.5 Å². The van der Waals surface area contributed by atoms with E-state index < -0.39 is 0 Å². The van der Waals surface area contributed by atoms with Crippen LogP contribution in [-0.2, 0) is 0 Å². The Morgan fingerprint density at radius 3 is 2.11 bits per heavy atom. The fourth-order valence-electron chi connectivity index (χ4n) is 3.06. The Hall–Kier alpha value is -1.24. The molecular formula is C17H23B. The second-order valence-corrected chi connectivity index (χ2v) is 5.87. The van der Waals surface area contributed by atoms with Gasteiger partial charge in [-0.15, -0.1) is 5.98 Å². The van der Waals surface area contributed by atoms with E-state index in [1.807, 2.05) is 0 Å². The standard InChI is InChI=1S/C17H23B/c1-12(2)16-6-8-18(9-7-16)17-14(4)10-13(3)11-15(17)5/h6-8,10-12H,9H2,1-5H3. The molecule has 0 atom stereocenters. The average molecular weight is 238 g/mol. The van der Waals surface area contributed by atoms with Crippen LogP contribution in [0.25, 0.3) is 0 Å². The number of benzene rings is 1. The van der Waals surface area contributed by atoms with E-state index in [4.69, 9.17) is 0 Å². The van der Waals surface area contributed by atoms with Crippen LogP contribution in [-0.4, -0.2) is 6.71 Å². The number of hydrogen-bond acceptors (Lipinski definition) is 0. The number of rotatable bonds is 2. The third-order valence-electron chi connectivity index (χ3n) is 3.90. The van der Waals surface area contributed by atoms with Crippen molar-refractivity contribution in [2.24, 2.45) is 5.92 Å². The van der Waals surface area contributed by atoms with E-state index >= 15 is 0 Å². The topological polar surface area (TPSA) is 0 Å². The summed E-state index contributed by atoms with van der Waals surface area (Å²) >= 11 is 0. The van der Waals surface area contributed by atoms with E-state index in [9.17, 15) is 0 Å². The molecule has 0 nitrogen and oxygen atoms in total. The van der Waals surface area contributed by atoms with Crippen molar-refractivity contribution in [3.8, 4) is 0 Å². The zero-order valence-electron chi connectivity index (χ0n) is 12.2. The van der Waals surface area contributed by atoms with E-state index in [1.54, 1.807) is 0 Å². The van der Waals surface area contributed by atoms with E-state index in [0.717, 1.165) is 6.32 Å². The summed E-state index contributed by atoms with van der Waals surface area (Å²) in [4.78, 5) is 0. The van der Waals surface area contributed by atoms with Gasteiger partial charge < -0.3 is 0 Å². The summed E-state index contributed by atoms with van der Waals surface area (Å²) < 4.78 is 0. The number of hydrogen-bond donors (Lipinski definition) is 0. The van der Waals surface area contributed by atoms with Crippen molar-refractivity contribution in [3.05, 3.63) is 52.5 Å². The van der Waals surface area contributed by atoms with Gasteiger partial charge in [-0.25, -0.2) is 0 Å². The minimum Gasteiger partial charge on any atom is -0.109 e. The third kappa shape index (κ3) is 2.61. The first-order valence-electron chi connectivity index (χ1n) is 6.95. The molecule has 0 N–H and O–H groups in total. The maximum Gasteiger partial charge on any atom is 0.205 e. The molecule has 0 fully saturated rings. The Bertz CT molecular complexity index is 483. The highest BCUT2D eigenvalue weighted by Crippen LogP contribution is 2.19. The van der Waals surface area contributed by atoms with Gasteiger partial charge in [-0.1, -0.05) is 65.9 Å². The molecule has 1 aromatic rings. The molecule has 0 spiro atoms. The van der Waals surface area contributed by atoms with Gasteiger partial charge in [0.15, 0.2) is 0 Å². The lowest BCUT2D eigenvalue weighted by atomic mass is 9.39. The Balaban J connectivity index is 2.29. The summed E-state index contributed by atoms with van der Waals surface area (Å²) in [6.45, 7) is 11.7. The SMILES string of the molecule is Cc1cc(C)c(B2C=CC(C(C)C)=CC2)c(C)c1. The smallest absolute Gasteiger partial charge is 0.109 e. The van der Waals surface area contributed by atoms with Gasteiger partial charge in [-0.3, -0.25) is 0 Å². The molecule has 0 unspecified atom stereocenters. The van der Waals surface area contributed by atoms with Gasteiger partial charge in [0, 0.05) is 0 Å². The predicted octanol–water partition coefficient (Wildman–Crippen LogP) is 4.01. The highest BCUT2D eigenvalue weighted by molar-refractivity contribution is 6.79. The summed E-state index contributed by atoms with van der Waals surface area (Å²) in [5.74, 6) is 3.03. The van der Waals surface area contributed by atoms with Crippen LogP contribution in [0.15, 0.2) is 35.8 Å². The summed E-state index contributed by atoms with van der Waals surface area (Å²) in [5.41, 5.74) is 7.24. The molecule has 0 aromatic heterocycles. The highest BCUT2D eigenvalue weighted by Gasteiger charge is 2.20. The molecule has 1 heteroatoms. The van der Waals surface area contributed by atoms with Crippen molar-refractivity contribution in [1.29, 1.82) is 0 Å². The summed E-state index contributed by atoms with van der Waals surface area (Å²) in [7, 11) is 0. The molecule has 1 heterocycles. The van der Waals surface area contributed by atoms with Crippen molar-refractivity contribution >= 4 is 12.2 Å². The van der Waals surface area contributed by atoms with Gasteiger partial charge in [0.25, 0.3) is 0 Å². The fourth-order valence-corrected chi connectivity index (χ4v) is 3.06. The average Bonchev–Trinajstić information content (AvgIpc) is 2.28. The van der Waals surface area contributed by atoms with Crippen molar-refractivity contribution in [2.75, 3.05) is 0 Å². The summed E-state index contributed by atoms with van der Waals surface area (Å²) in [5, 5.41) is 0. The Kier molecular flexibility index (Phi) is 3.80. The molecule has 0 saturated carbocycles. The van der Waals surface area contributed by atoms with Crippen molar-refractivity contribution in [3.63, 3.8) is 0 Å². The van der Waals surface area contributed by atoms with Crippen molar-refractivity contribution in [1.82, 2.24) is 0 Å². The molecule has 0 radical (unpaired) electrons. The first-order chi connectivity index (χ1) is 8.49. The molecule has 1 aliphatic rings. The van der Waals surface area contributed by atoms with Crippen LogP contribution in [0.4, 0.5) is 0 Å². The largest absolute Gasteiger partial charge is 0.205 e. The Morgan fingerprint density at radius 2 is 1.67 bits per heavy atom. The second kappa shape index (κ2) is 5.18. The van der Waals surface area contributed by atoms with Crippen molar-refractivity contribution in [2.45, 2.75) is 40.9 Å². The molecule has 18 heavy (non-hydrogen) atoms. The number of aryl methyl sites for hydroxylation is 3. The minimum absolute atomic E-state index is 0.563. The molecule has 2 rings (SSSR count). The van der Waals surface area contributed by atoms with Crippen LogP contribution in [0.3, 0.4) is 0 Å². The molecule has 1 aliphatic heterocycles. The summed E-state index contributed by atoms with van der Waals surface area (Å²) in [6, 6.07) is 4.61. The van der Waals surface area contributed by atoms with Crippen molar-refractivity contribution < 1.29 is 0 Å². The minimum atomic E-state index is 0.563. The second-order valence-electron chi connectivity index (χ2n) is 5.87. The first-order valence-corrected chi connectivity index (χ1v) is 6.95. The molecule has 94 valence electrons. The zero-order chi connectivity index (χ0) is 13.3. The normalized spacial score (nSPS) is 15.2. The van der Waals surface area contributed by atoms with Gasteiger partial charge in [0.2, 0.25) is 6.71 Å². The van der Waals surface area contributed by atoms with Crippen LogP contribution in [0.5, 0.6) is 0 Å². The van der Waals surface area contributed by atoms with Gasteiger partial charge >= 0.3 is 0 Å². The van der Waals surface area contributed by atoms with E-state index in [0.29, 0.717) is 12.6 Å². The number of allylic oxidation sites excluding steroid dienone is 3. The van der Waals surface area contributed by atoms with Crippen LogP contribution in [0.2, 0.25) is 6.32 Å². The lowest BCUT2D eigenvalue weighted by Gasteiger charge is -2.20. The molecule has 0 saturated heterocycles.